The molecule has 0 unspecified atom stereocenters. The van der Waals surface area contributed by atoms with Crippen LogP contribution in [0.25, 0.3) is 10.9 Å². The van der Waals surface area contributed by atoms with Gasteiger partial charge < -0.3 is 10.7 Å². The third kappa shape index (κ3) is 1.32. The zero-order valence-electron chi connectivity index (χ0n) is 7.56. The molecule has 2 aromatic rings. The molecule has 0 saturated carbocycles. The van der Waals surface area contributed by atoms with Gasteiger partial charge in [0.05, 0.1) is 15.8 Å². The number of aromatic nitrogens is 1. The van der Waals surface area contributed by atoms with Crippen LogP contribution in [0, 0.1) is 10.1 Å². The van der Waals surface area contributed by atoms with Gasteiger partial charge in [-0.3, -0.25) is 14.9 Å². The van der Waals surface area contributed by atoms with Crippen LogP contribution in [0.5, 0.6) is 0 Å². The van der Waals surface area contributed by atoms with Crippen LogP contribution in [0.1, 0.15) is 10.5 Å². The van der Waals surface area contributed by atoms with E-state index in [0.717, 1.165) is 0 Å². The van der Waals surface area contributed by atoms with Gasteiger partial charge >= 0.3 is 5.69 Å². The van der Waals surface area contributed by atoms with E-state index in [1.807, 2.05) is 0 Å². The van der Waals surface area contributed by atoms with Crippen LogP contribution in [0.3, 0.4) is 0 Å². The quantitative estimate of drug-likeness (QED) is 0.568. The van der Waals surface area contributed by atoms with Crippen molar-refractivity contribution in [3.8, 4) is 0 Å². The fourth-order valence-electron chi connectivity index (χ4n) is 1.50. The molecule has 0 aliphatic carbocycles. The Hall–Kier alpha value is -2.37. The number of hydrogen-bond acceptors (Lipinski definition) is 3. The minimum Gasteiger partial charge on any atom is -0.364 e. The zero-order chi connectivity index (χ0) is 11.0. The number of amides is 1. The van der Waals surface area contributed by atoms with E-state index in [0.29, 0.717) is 10.9 Å². The molecule has 1 aromatic heterocycles. The van der Waals surface area contributed by atoms with Crippen LogP contribution in [-0.2, 0) is 0 Å². The Morgan fingerprint density at radius 3 is 2.67 bits per heavy atom. The summed E-state index contributed by atoms with van der Waals surface area (Å²) >= 11 is 0. The first-order valence-corrected chi connectivity index (χ1v) is 4.16. The van der Waals surface area contributed by atoms with Gasteiger partial charge in [-0.2, -0.15) is 0 Å². The van der Waals surface area contributed by atoms with E-state index in [1.54, 1.807) is 24.3 Å². The SMILES string of the molecule is NC(=O)c1[nH]c2ccccc2c1[N+](=O)[O-]. The van der Waals surface area contributed by atoms with Crippen molar-refractivity contribution in [1.82, 2.24) is 4.98 Å². The van der Waals surface area contributed by atoms with E-state index in [-0.39, 0.29) is 11.4 Å². The minimum atomic E-state index is -0.835. The number of fused-ring (bicyclic) bond motifs is 1. The fourth-order valence-corrected chi connectivity index (χ4v) is 1.50. The third-order valence-electron chi connectivity index (χ3n) is 2.11. The number of hydrogen-bond donors (Lipinski definition) is 2. The van der Waals surface area contributed by atoms with E-state index in [2.05, 4.69) is 4.98 Å². The fraction of sp³-hybridized carbons (Fsp3) is 0. The van der Waals surface area contributed by atoms with Crippen molar-refractivity contribution in [3.63, 3.8) is 0 Å². The molecule has 3 N–H and O–H groups in total. The molecule has 0 atom stereocenters. The number of benzene rings is 1. The van der Waals surface area contributed by atoms with Crippen LogP contribution in [0.4, 0.5) is 5.69 Å². The summed E-state index contributed by atoms with van der Waals surface area (Å²) in [6, 6.07) is 6.59. The Kier molecular flexibility index (Phi) is 1.89. The highest BCUT2D eigenvalue weighted by Gasteiger charge is 2.24. The molecule has 76 valence electrons. The average Bonchev–Trinajstić information content (AvgIpc) is 2.56. The predicted octanol–water partition coefficient (Wildman–Crippen LogP) is 1.18. The second-order valence-electron chi connectivity index (χ2n) is 3.02. The first kappa shape index (κ1) is 9.20. The summed E-state index contributed by atoms with van der Waals surface area (Å²) in [5.41, 5.74) is 5.14. The summed E-state index contributed by atoms with van der Waals surface area (Å²) in [4.78, 5) is 23.8. The molecular formula is C9H7N3O3. The van der Waals surface area contributed by atoms with E-state index >= 15 is 0 Å². The number of nitrogens with zero attached hydrogens (tertiary/aromatic N) is 1. The van der Waals surface area contributed by atoms with Crippen molar-refractivity contribution in [2.24, 2.45) is 5.73 Å². The normalized spacial score (nSPS) is 10.4. The van der Waals surface area contributed by atoms with Gasteiger partial charge in [-0.05, 0) is 12.1 Å². The molecular weight excluding hydrogens is 198 g/mol. The molecule has 0 bridgehead atoms. The zero-order valence-corrected chi connectivity index (χ0v) is 7.56. The first-order chi connectivity index (χ1) is 7.11. The highest BCUT2D eigenvalue weighted by atomic mass is 16.6. The molecule has 0 fully saturated rings. The molecule has 6 heteroatoms. The lowest BCUT2D eigenvalue weighted by atomic mass is 10.2. The average molecular weight is 205 g/mol. The van der Waals surface area contributed by atoms with Gasteiger partial charge in [-0.15, -0.1) is 0 Å². The highest BCUT2D eigenvalue weighted by molar-refractivity contribution is 6.04. The topological polar surface area (TPSA) is 102 Å². The Bertz CT molecular complexity index is 559. The number of nitrogens with one attached hydrogen (secondary N) is 1. The number of nitro groups is 1. The summed E-state index contributed by atoms with van der Waals surface area (Å²) in [6.07, 6.45) is 0. The van der Waals surface area contributed by atoms with Gasteiger partial charge in [0.15, 0.2) is 5.69 Å². The maximum atomic E-state index is 11.0. The minimum absolute atomic E-state index is 0.166. The van der Waals surface area contributed by atoms with Crippen molar-refractivity contribution in [2.45, 2.75) is 0 Å². The van der Waals surface area contributed by atoms with Crippen molar-refractivity contribution < 1.29 is 9.72 Å². The van der Waals surface area contributed by atoms with Gasteiger partial charge in [0.25, 0.3) is 5.91 Å². The molecule has 1 aromatic carbocycles. The lowest BCUT2D eigenvalue weighted by molar-refractivity contribution is -0.383. The van der Waals surface area contributed by atoms with Crippen molar-refractivity contribution >= 4 is 22.5 Å². The summed E-state index contributed by atoms with van der Waals surface area (Å²) in [6.45, 7) is 0. The number of carbonyl (C=O) groups excluding carboxylic acids is 1. The van der Waals surface area contributed by atoms with Gasteiger partial charge in [-0.1, -0.05) is 12.1 Å². The van der Waals surface area contributed by atoms with Crippen LogP contribution < -0.4 is 5.73 Å². The molecule has 0 radical (unpaired) electrons. The molecule has 0 spiro atoms. The summed E-state index contributed by atoms with van der Waals surface area (Å²) in [7, 11) is 0. The van der Waals surface area contributed by atoms with Crippen LogP contribution in [0.2, 0.25) is 0 Å². The van der Waals surface area contributed by atoms with Gasteiger partial charge in [0.2, 0.25) is 0 Å². The Morgan fingerprint density at radius 2 is 2.07 bits per heavy atom. The second kappa shape index (κ2) is 3.09. The van der Waals surface area contributed by atoms with Crippen LogP contribution >= 0.6 is 0 Å². The monoisotopic (exact) mass is 205 g/mol. The molecule has 0 saturated heterocycles. The lowest BCUT2D eigenvalue weighted by Gasteiger charge is -1.90. The number of primary amides is 1. The molecule has 1 heterocycles. The maximum absolute atomic E-state index is 11.0. The van der Waals surface area contributed by atoms with Gasteiger partial charge in [0.1, 0.15) is 0 Å². The second-order valence-corrected chi connectivity index (χ2v) is 3.02. The van der Waals surface area contributed by atoms with E-state index in [4.69, 9.17) is 5.73 Å². The maximum Gasteiger partial charge on any atom is 0.307 e. The lowest BCUT2D eigenvalue weighted by Crippen LogP contribution is -2.13. The van der Waals surface area contributed by atoms with Crippen LogP contribution in [-0.4, -0.2) is 15.8 Å². The molecule has 15 heavy (non-hydrogen) atoms. The molecule has 0 aliphatic heterocycles. The smallest absolute Gasteiger partial charge is 0.307 e. The molecule has 2 rings (SSSR count). The van der Waals surface area contributed by atoms with Gasteiger partial charge in [-0.25, -0.2) is 0 Å². The summed E-state index contributed by atoms with van der Waals surface area (Å²) < 4.78 is 0. The van der Waals surface area contributed by atoms with Gasteiger partial charge in [0, 0.05) is 0 Å². The Morgan fingerprint density at radius 1 is 1.40 bits per heavy atom. The van der Waals surface area contributed by atoms with Crippen molar-refractivity contribution in [2.75, 3.05) is 0 Å². The van der Waals surface area contributed by atoms with E-state index < -0.39 is 10.8 Å². The third-order valence-corrected chi connectivity index (χ3v) is 2.11. The van der Waals surface area contributed by atoms with Crippen LogP contribution in [0.15, 0.2) is 24.3 Å². The van der Waals surface area contributed by atoms with E-state index in [1.165, 1.54) is 0 Å². The number of carbonyl (C=O) groups is 1. The number of para-hydroxylation sites is 1. The Labute approximate surface area is 83.8 Å². The highest BCUT2D eigenvalue weighted by Crippen LogP contribution is 2.28. The largest absolute Gasteiger partial charge is 0.364 e. The molecule has 6 nitrogen and oxygen atoms in total. The summed E-state index contributed by atoms with van der Waals surface area (Å²) in [5.74, 6) is -0.835. The predicted molar refractivity (Wildman–Crippen MR) is 53.5 cm³/mol. The standard InChI is InChI=1S/C9H7N3O3/c10-9(13)7-8(12(14)15)5-3-1-2-4-6(5)11-7/h1-4,11H,(H2,10,13). The summed E-state index contributed by atoms with van der Waals surface area (Å²) in [5, 5.41) is 11.2. The number of H-pyrrole nitrogens is 1. The van der Waals surface area contributed by atoms with E-state index in [9.17, 15) is 14.9 Å². The number of aromatic amines is 1. The number of nitrogens with two attached hydrogens (primary N) is 1. The van der Waals surface area contributed by atoms with Crippen molar-refractivity contribution in [1.29, 1.82) is 0 Å². The molecule has 1 amide bonds. The Balaban J connectivity index is 2.86. The van der Waals surface area contributed by atoms with Crippen molar-refractivity contribution in [3.05, 3.63) is 40.1 Å². The first-order valence-electron chi connectivity index (χ1n) is 4.16. The molecule has 0 aliphatic rings. The number of rotatable bonds is 2.